The van der Waals surface area contributed by atoms with Crippen LogP contribution in [0, 0.1) is 18.3 Å². The van der Waals surface area contributed by atoms with E-state index in [1.54, 1.807) is 0 Å². The number of benzene rings is 1. The Bertz CT molecular complexity index is 430. The quantitative estimate of drug-likeness (QED) is 0.837. The summed E-state index contributed by atoms with van der Waals surface area (Å²) >= 11 is 0. The van der Waals surface area contributed by atoms with Crippen LogP contribution >= 0.6 is 0 Å². The molecule has 0 amide bonds. The van der Waals surface area contributed by atoms with Crippen molar-refractivity contribution in [3.63, 3.8) is 0 Å². The van der Waals surface area contributed by atoms with Crippen LogP contribution < -0.4 is 5.32 Å². The number of hydrogen-bond acceptors (Lipinski definition) is 3. The normalized spacial score (nSPS) is 17.6. The van der Waals surface area contributed by atoms with Crippen LogP contribution in [0.3, 0.4) is 0 Å². The van der Waals surface area contributed by atoms with Gasteiger partial charge in [-0.25, -0.2) is 0 Å². The van der Waals surface area contributed by atoms with Crippen molar-refractivity contribution in [3.8, 4) is 6.07 Å². The van der Waals surface area contributed by atoms with Crippen molar-refractivity contribution >= 4 is 0 Å². The first-order chi connectivity index (χ1) is 7.63. The standard InChI is InChI=1S/C13H16N2O/c1-10-5-11(6-14)3-4-12(10)7-16-13(2)8-15-9-13/h3-5,15H,7-9H2,1-2H3. The molecule has 0 radical (unpaired) electrons. The average Bonchev–Trinajstić information content (AvgIpc) is 2.25. The summed E-state index contributed by atoms with van der Waals surface area (Å²) in [5.74, 6) is 0. The van der Waals surface area contributed by atoms with Gasteiger partial charge in [0.25, 0.3) is 0 Å². The number of nitrogens with one attached hydrogen (secondary N) is 1. The molecule has 1 aliphatic heterocycles. The molecule has 0 unspecified atom stereocenters. The molecule has 1 aliphatic rings. The predicted molar refractivity (Wildman–Crippen MR) is 62.0 cm³/mol. The third kappa shape index (κ3) is 2.24. The highest BCUT2D eigenvalue weighted by molar-refractivity contribution is 5.37. The summed E-state index contributed by atoms with van der Waals surface area (Å²) in [6.45, 7) is 6.59. The van der Waals surface area contributed by atoms with Crippen LogP contribution in [-0.4, -0.2) is 18.7 Å². The molecular weight excluding hydrogens is 200 g/mol. The maximum atomic E-state index is 8.77. The molecule has 16 heavy (non-hydrogen) atoms. The first-order valence-corrected chi connectivity index (χ1v) is 5.47. The van der Waals surface area contributed by atoms with Gasteiger partial charge in [-0.1, -0.05) is 6.07 Å². The van der Waals surface area contributed by atoms with Crippen LogP contribution in [0.2, 0.25) is 0 Å². The Morgan fingerprint density at radius 1 is 1.50 bits per heavy atom. The zero-order valence-corrected chi connectivity index (χ0v) is 9.71. The van der Waals surface area contributed by atoms with Gasteiger partial charge in [-0.2, -0.15) is 5.26 Å². The van der Waals surface area contributed by atoms with E-state index < -0.39 is 0 Å². The lowest BCUT2D eigenvalue weighted by molar-refractivity contribution is -0.0768. The van der Waals surface area contributed by atoms with E-state index >= 15 is 0 Å². The van der Waals surface area contributed by atoms with E-state index in [-0.39, 0.29) is 5.60 Å². The minimum Gasteiger partial charge on any atom is -0.368 e. The Hall–Kier alpha value is -1.37. The Kier molecular flexibility index (Phi) is 2.95. The highest BCUT2D eigenvalue weighted by Gasteiger charge is 2.32. The van der Waals surface area contributed by atoms with E-state index in [4.69, 9.17) is 10.00 Å². The van der Waals surface area contributed by atoms with Gasteiger partial charge >= 0.3 is 0 Å². The van der Waals surface area contributed by atoms with E-state index in [1.165, 1.54) is 0 Å². The summed E-state index contributed by atoms with van der Waals surface area (Å²) in [5.41, 5.74) is 2.97. The molecule has 2 rings (SSSR count). The second-order valence-electron chi connectivity index (χ2n) is 4.60. The smallest absolute Gasteiger partial charge is 0.0991 e. The van der Waals surface area contributed by atoms with Crippen molar-refractivity contribution in [2.24, 2.45) is 0 Å². The van der Waals surface area contributed by atoms with Gasteiger partial charge in [0, 0.05) is 13.1 Å². The summed E-state index contributed by atoms with van der Waals surface area (Å²) in [7, 11) is 0. The van der Waals surface area contributed by atoms with Gasteiger partial charge in [0.15, 0.2) is 0 Å². The molecule has 3 nitrogen and oxygen atoms in total. The molecule has 0 bridgehead atoms. The number of ether oxygens (including phenoxy) is 1. The van der Waals surface area contributed by atoms with Gasteiger partial charge in [0.1, 0.15) is 0 Å². The fourth-order valence-electron chi connectivity index (χ4n) is 1.76. The molecule has 1 saturated heterocycles. The predicted octanol–water partition coefficient (Wildman–Crippen LogP) is 1.75. The average molecular weight is 216 g/mol. The van der Waals surface area contributed by atoms with Gasteiger partial charge in [-0.05, 0) is 37.1 Å². The molecule has 0 aromatic heterocycles. The second kappa shape index (κ2) is 4.25. The van der Waals surface area contributed by atoms with Crippen LogP contribution in [0.1, 0.15) is 23.6 Å². The molecule has 1 N–H and O–H groups in total. The third-order valence-electron chi connectivity index (χ3n) is 3.05. The molecule has 1 heterocycles. The van der Waals surface area contributed by atoms with Crippen LogP contribution in [0.5, 0.6) is 0 Å². The monoisotopic (exact) mass is 216 g/mol. The fraction of sp³-hybridized carbons (Fsp3) is 0.462. The number of aryl methyl sites for hydroxylation is 1. The fourth-order valence-corrected chi connectivity index (χ4v) is 1.76. The number of rotatable bonds is 3. The molecule has 0 aliphatic carbocycles. The molecule has 3 heteroatoms. The SMILES string of the molecule is Cc1cc(C#N)ccc1COC1(C)CNC1. The van der Waals surface area contributed by atoms with E-state index in [0.717, 1.165) is 24.2 Å². The first-order valence-electron chi connectivity index (χ1n) is 5.47. The Morgan fingerprint density at radius 2 is 2.25 bits per heavy atom. The first kappa shape index (κ1) is 11.1. The Balaban J connectivity index is 2.02. The number of hydrogen-bond donors (Lipinski definition) is 1. The van der Waals surface area contributed by atoms with Gasteiger partial charge < -0.3 is 10.1 Å². The van der Waals surface area contributed by atoms with Crippen molar-refractivity contribution in [2.75, 3.05) is 13.1 Å². The highest BCUT2D eigenvalue weighted by Crippen LogP contribution is 2.19. The summed E-state index contributed by atoms with van der Waals surface area (Å²) < 4.78 is 5.86. The van der Waals surface area contributed by atoms with Crippen molar-refractivity contribution in [1.82, 2.24) is 5.32 Å². The van der Waals surface area contributed by atoms with Crippen LogP contribution in [-0.2, 0) is 11.3 Å². The molecular formula is C13H16N2O. The molecule has 1 aromatic rings. The van der Waals surface area contributed by atoms with Gasteiger partial charge in [0.05, 0.1) is 23.8 Å². The maximum absolute atomic E-state index is 8.77. The highest BCUT2D eigenvalue weighted by atomic mass is 16.5. The molecule has 84 valence electrons. The summed E-state index contributed by atoms with van der Waals surface area (Å²) in [5, 5.41) is 12.0. The van der Waals surface area contributed by atoms with Gasteiger partial charge in [0.2, 0.25) is 0 Å². The van der Waals surface area contributed by atoms with Gasteiger partial charge in [-0.3, -0.25) is 0 Å². The third-order valence-corrected chi connectivity index (χ3v) is 3.05. The molecule has 1 aromatic carbocycles. The van der Waals surface area contributed by atoms with E-state index in [9.17, 15) is 0 Å². The molecule has 1 fully saturated rings. The van der Waals surface area contributed by atoms with Crippen molar-refractivity contribution in [3.05, 3.63) is 34.9 Å². The topological polar surface area (TPSA) is 45.0 Å². The lowest BCUT2D eigenvalue weighted by Gasteiger charge is -2.39. The van der Waals surface area contributed by atoms with E-state index in [0.29, 0.717) is 12.2 Å². The number of nitrogens with zero attached hydrogens (tertiary/aromatic N) is 1. The minimum absolute atomic E-state index is 0.0136. The molecule has 0 spiro atoms. The summed E-state index contributed by atoms with van der Waals surface area (Å²) in [4.78, 5) is 0. The number of nitriles is 1. The maximum Gasteiger partial charge on any atom is 0.0991 e. The summed E-state index contributed by atoms with van der Waals surface area (Å²) in [6, 6.07) is 7.86. The van der Waals surface area contributed by atoms with Crippen molar-refractivity contribution in [2.45, 2.75) is 26.1 Å². The van der Waals surface area contributed by atoms with Crippen LogP contribution in [0.25, 0.3) is 0 Å². The van der Waals surface area contributed by atoms with E-state index in [2.05, 4.69) is 18.3 Å². The zero-order chi connectivity index (χ0) is 11.6. The van der Waals surface area contributed by atoms with Gasteiger partial charge in [-0.15, -0.1) is 0 Å². The Morgan fingerprint density at radius 3 is 2.75 bits per heavy atom. The second-order valence-corrected chi connectivity index (χ2v) is 4.60. The van der Waals surface area contributed by atoms with Crippen molar-refractivity contribution in [1.29, 1.82) is 5.26 Å². The lowest BCUT2D eigenvalue weighted by Crippen LogP contribution is -2.58. The minimum atomic E-state index is -0.0136. The summed E-state index contributed by atoms with van der Waals surface area (Å²) in [6.07, 6.45) is 0. The van der Waals surface area contributed by atoms with Crippen LogP contribution in [0.4, 0.5) is 0 Å². The largest absolute Gasteiger partial charge is 0.368 e. The van der Waals surface area contributed by atoms with E-state index in [1.807, 2.05) is 25.1 Å². The molecule has 0 saturated carbocycles. The zero-order valence-electron chi connectivity index (χ0n) is 9.71. The lowest BCUT2D eigenvalue weighted by atomic mass is 9.99. The Labute approximate surface area is 96.0 Å². The van der Waals surface area contributed by atoms with Crippen LogP contribution in [0.15, 0.2) is 18.2 Å². The van der Waals surface area contributed by atoms with Crippen molar-refractivity contribution < 1.29 is 4.74 Å². The molecule has 0 atom stereocenters.